The highest BCUT2D eigenvalue weighted by atomic mass is 16.5. The molecule has 0 aromatic heterocycles. The molecule has 1 aromatic carbocycles. The molecule has 1 aromatic rings. The highest BCUT2D eigenvalue weighted by Gasteiger charge is 2.04. The number of methoxy groups -OCH3 is 1. The number of carbonyl (C=O) groups is 1. The summed E-state index contributed by atoms with van der Waals surface area (Å²) in [7, 11) is 1.36. The molecule has 0 aliphatic rings. The quantitative estimate of drug-likeness (QED) is 0.769. The van der Waals surface area contributed by atoms with Crippen LogP contribution in [-0.4, -0.2) is 19.7 Å². The van der Waals surface area contributed by atoms with E-state index in [4.69, 9.17) is 10.5 Å². The molecule has 0 aliphatic carbocycles. The number of benzene rings is 1. The molecule has 0 spiro atoms. The molecule has 0 radical (unpaired) electrons. The Morgan fingerprint density at radius 1 is 1.35 bits per heavy atom. The molecule has 4 nitrogen and oxygen atoms in total. The van der Waals surface area contributed by atoms with E-state index in [1.807, 2.05) is 31.2 Å². The summed E-state index contributed by atoms with van der Waals surface area (Å²) in [4.78, 5) is 10.9. The van der Waals surface area contributed by atoms with Crippen molar-refractivity contribution in [3.05, 3.63) is 29.8 Å². The Balaban J connectivity index is 2.43. The Kier molecular flexibility index (Phi) is 5.49. The number of carbonyl (C=O) groups excluding carboxylic acids is 1. The van der Waals surface area contributed by atoms with E-state index in [1.165, 1.54) is 7.11 Å². The molecule has 0 saturated heterocycles. The third-order valence-electron chi connectivity index (χ3n) is 2.55. The Hall–Kier alpha value is -1.55. The van der Waals surface area contributed by atoms with Crippen LogP contribution in [0.5, 0.6) is 5.75 Å². The van der Waals surface area contributed by atoms with Crippen LogP contribution in [0.3, 0.4) is 0 Å². The van der Waals surface area contributed by atoms with Crippen molar-refractivity contribution in [3.8, 4) is 5.75 Å². The van der Waals surface area contributed by atoms with E-state index in [0.717, 1.165) is 17.7 Å². The van der Waals surface area contributed by atoms with Gasteiger partial charge in [0.05, 0.1) is 20.1 Å². The fourth-order valence-electron chi connectivity index (χ4n) is 1.40. The lowest BCUT2D eigenvalue weighted by atomic mass is 10.1. The SMILES string of the molecule is CC[C@@H](N)c1ccc(OCCC(=O)OC)cc1. The van der Waals surface area contributed by atoms with Gasteiger partial charge in [-0.2, -0.15) is 0 Å². The summed E-state index contributed by atoms with van der Waals surface area (Å²) in [5, 5.41) is 0. The van der Waals surface area contributed by atoms with E-state index in [2.05, 4.69) is 4.74 Å². The van der Waals surface area contributed by atoms with Crippen molar-refractivity contribution < 1.29 is 14.3 Å². The van der Waals surface area contributed by atoms with Gasteiger partial charge < -0.3 is 15.2 Å². The second kappa shape index (κ2) is 6.91. The lowest BCUT2D eigenvalue weighted by Gasteiger charge is -2.10. The number of hydrogen-bond acceptors (Lipinski definition) is 4. The summed E-state index contributed by atoms with van der Waals surface area (Å²) in [5.41, 5.74) is 6.99. The number of ether oxygens (including phenoxy) is 2. The summed E-state index contributed by atoms with van der Waals surface area (Å²) < 4.78 is 9.92. The molecular weight excluding hydrogens is 218 g/mol. The van der Waals surface area contributed by atoms with Gasteiger partial charge in [-0.15, -0.1) is 0 Å². The topological polar surface area (TPSA) is 61.5 Å². The maximum absolute atomic E-state index is 10.9. The molecule has 17 heavy (non-hydrogen) atoms. The van der Waals surface area contributed by atoms with E-state index < -0.39 is 0 Å². The first-order valence-electron chi connectivity index (χ1n) is 5.72. The molecule has 0 fully saturated rings. The van der Waals surface area contributed by atoms with Crippen LogP contribution in [0, 0.1) is 0 Å². The van der Waals surface area contributed by atoms with Gasteiger partial charge >= 0.3 is 5.97 Å². The van der Waals surface area contributed by atoms with Crippen molar-refractivity contribution in [1.82, 2.24) is 0 Å². The van der Waals surface area contributed by atoms with Crippen molar-refractivity contribution in [2.45, 2.75) is 25.8 Å². The van der Waals surface area contributed by atoms with Crippen molar-refractivity contribution in [2.75, 3.05) is 13.7 Å². The molecule has 2 N–H and O–H groups in total. The molecule has 0 aliphatic heterocycles. The van der Waals surface area contributed by atoms with Gasteiger partial charge in [-0.3, -0.25) is 4.79 Å². The van der Waals surface area contributed by atoms with Gasteiger partial charge in [-0.25, -0.2) is 0 Å². The molecule has 94 valence electrons. The van der Waals surface area contributed by atoms with Gasteiger partial charge in [0, 0.05) is 6.04 Å². The van der Waals surface area contributed by atoms with Crippen LogP contribution in [0.15, 0.2) is 24.3 Å². The van der Waals surface area contributed by atoms with E-state index in [1.54, 1.807) is 0 Å². The van der Waals surface area contributed by atoms with E-state index in [0.29, 0.717) is 6.61 Å². The minimum atomic E-state index is -0.269. The van der Waals surface area contributed by atoms with Gasteiger partial charge in [0.1, 0.15) is 5.75 Å². The van der Waals surface area contributed by atoms with Crippen LogP contribution in [-0.2, 0) is 9.53 Å². The van der Waals surface area contributed by atoms with Crippen molar-refractivity contribution in [3.63, 3.8) is 0 Å². The Morgan fingerprint density at radius 3 is 2.53 bits per heavy atom. The Bertz CT molecular complexity index is 348. The molecule has 0 unspecified atom stereocenters. The number of esters is 1. The summed E-state index contributed by atoms with van der Waals surface area (Å²) >= 11 is 0. The standard InChI is InChI=1S/C13H19NO3/c1-3-12(14)10-4-6-11(7-5-10)17-9-8-13(15)16-2/h4-7,12H,3,8-9,14H2,1-2H3/t12-/m1/s1. The van der Waals surface area contributed by atoms with Crippen LogP contribution in [0.4, 0.5) is 0 Å². The van der Waals surface area contributed by atoms with Crippen molar-refractivity contribution in [2.24, 2.45) is 5.73 Å². The minimum Gasteiger partial charge on any atom is -0.493 e. The molecule has 1 rings (SSSR count). The zero-order valence-electron chi connectivity index (χ0n) is 10.3. The van der Waals surface area contributed by atoms with Gasteiger partial charge in [-0.1, -0.05) is 19.1 Å². The number of nitrogens with two attached hydrogens (primary N) is 1. The fraction of sp³-hybridized carbons (Fsp3) is 0.462. The van der Waals surface area contributed by atoms with Crippen LogP contribution in [0.2, 0.25) is 0 Å². The zero-order chi connectivity index (χ0) is 12.7. The van der Waals surface area contributed by atoms with Gasteiger partial charge in [0.2, 0.25) is 0 Å². The van der Waals surface area contributed by atoms with Crippen molar-refractivity contribution >= 4 is 5.97 Å². The summed E-state index contributed by atoms with van der Waals surface area (Å²) in [6.07, 6.45) is 1.16. The summed E-state index contributed by atoms with van der Waals surface area (Å²) in [6.45, 7) is 2.37. The highest BCUT2D eigenvalue weighted by molar-refractivity contribution is 5.69. The minimum absolute atomic E-state index is 0.0686. The largest absolute Gasteiger partial charge is 0.493 e. The smallest absolute Gasteiger partial charge is 0.308 e. The van der Waals surface area contributed by atoms with Gasteiger partial charge in [0.15, 0.2) is 0 Å². The Labute approximate surface area is 102 Å². The van der Waals surface area contributed by atoms with Gasteiger partial charge in [0.25, 0.3) is 0 Å². The monoisotopic (exact) mass is 237 g/mol. The maximum Gasteiger partial charge on any atom is 0.308 e. The zero-order valence-corrected chi connectivity index (χ0v) is 10.3. The molecule has 0 saturated carbocycles. The number of rotatable bonds is 6. The Morgan fingerprint density at radius 2 is 2.00 bits per heavy atom. The summed E-state index contributed by atoms with van der Waals surface area (Å²) in [5.74, 6) is 0.468. The van der Waals surface area contributed by atoms with E-state index >= 15 is 0 Å². The molecular formula is C13H19NO3. The maximum atomic E-state index is 10.9. The van der Waals surface area contributed by atoms with Gasteiger partial charge in [-0.05, 0) is 24.1 Å². The average molecular weight is 237 g/mol. The number of hydrogen-bond donors (Lipinski definition) is 1. The molecule has 4 heteroatoms. The van der Waals surface area contributed by atoms with E-state index in [9.17, 15) is 4.79 Å². The van der Waals surface area contributed by atoms with Crippen LogP contribution in [0.1, 0.15) is 31.4 Å². The second-order valence-electron chi connectivity index (χ2n) is 3.76. The van der Waals surface area contributed by atoms with Crippen LogP contribution in [0.25, 0.3) is 0 Å². The first-order chi connectivity index (χ1) is 8.17. The molecule has 0 heterocycles. The summed E-state index contributed by atoms with van der Waals surface area (Å²) in [6, 6.07) is 7.69. The van der Waals surface area contributed by atoms with E-state index in [-0.39, 0.29) is 18.4 Å². The first-order valence-corrected chi connectivity index (χ1v) is 5.72. The van der Waals surface area contributed by atoms with Crippen molar-refractivity contribution in [1.29, 1.82) is 0 Å². The molecule has 1 atom stereocenters. The first kappa shape index (κ1) is 13.5. The molecule has 0 amide bonds. The van der Waals surface area contributed by atoms with Crippen LogP contribution < -0.4 is 10.5 Å². The average Bonchev–Trinajstić information content (AvgIpc) is 2.38. The lowest BCUT2D eigenvalue weighted by molar-refractivity contribution is -0.141. The normalized spacial score (nSPS) is 11.9. The third kappa shape index (κ3) is 4.44. The molecule has 0 bridgehead atoms. The fourth-order valence-corrected chi connectivity index (χ4v) is 1.40. The predicted molar refractivity (Wildman–Crippen MR) is 65.8 cm³/mol. The lowest BCUT2D eigenvalue weighted by Crippen LogP contribution is -2.09. The third-order valence-corrected chi connectivity index (χ3v) is 2.55. The predicted octanol–water partition coefficient (Wildman–Crippen LogP) is 2.04. The second-order valence-corrected chi connectivity index (χ2v) is 3.76. The highest BCUT2D eigenvalue weighted by Crippen LogP contribution is 2.18. The van der Waals surface area contributed by atoms with Crippen LogP contribution >= 0.6 is 0 Å².